The minimum atomic E-state index is 0.106. The summed E-state index contributed by atoms with van der Waals surface area (Å²) in [5.74, 6) is 1.82. The van der Waals surface area contributed by atoms with Crippen LogP contribution in [0, 0.1) is 17.8 Å². The maximum absolute atomic E-state index is 11.4. The van der Waals surface area contributed by atoms with E-state index in [1.807, 2.05) is 0 Å². The molecule has 2 nitrogen and oxygen atoms in total. The third-order valence-corrected chi connectivity index (χ3v) is 3.95. The summed E-state index contributed by atoms with van der Waals surface area (Å²) in [7, 11) is 0. The summed E-state index contributed by atoms with van der Waals surface area (Å²) in [6, 6.07) is 0. The van der Waals surface area contributed by atoms with Crippen molar-refractivity contribution in [3.63, 3.8) is 0 Å². The van der Waals surface area contributed by atoms with E-state index in [4.69, 9.17) is 4.74 Å². The Labute approximate surface area is 72.3 Å². The van der Waals surface area contributed by atoms with Crippen LogP contribution in [0.1, 0.15) is 32.1 Å². The Balaban J connectivity index is 1.94. The van der Waals surface area contributed by atoms with E-state index in [1.165, 1.54) is 19.3 Å². The van der Waals surface area contributed by atoms with Crippen LogP contribution in [-0.2, 0) is 9.53 Å². The zero-order valence-electron chi connectivity index (χ0n) is 7.16. The SMILES string of the molecule is O=C1O[C@H]2CC[C@@H]1[C@@H]1CCC[C@@H]12. The normalized spacial score (nSPS) is 50.5. The van der Waals surface area contributed by atoms with Gasteiger partial charge < -0.3 is 4.74 Å². The molecule has 4 aliphatic rings. The van der Waals surface area contributed by atoms with E-state index in [0.717, 1.165) is 18.8 Å². The fraction of sp³-hybridized carbons (Fsp3) is 0.900. The molecule has 2 saturated carbocycles. The quantitative estimate of drug-likeness (QED) is 0.512. The van der Waals surface area contributed by atoms with Gasteiger partial charge in [0.1, 0.15) is 6.10 Å². The van der Waals surface area contributed by atoms with Crippen LogP contribution in [0.3, 0.4) is 0 Å². The summed E-state index contributed by atoms with van der Waals surface area (Å²) >= 11 is 0. The summed E-state index contributed by atoms with van der Waals surface area (Å²) in [5.41, 5.74) is 0. The molecule has 0 radical (unpaired) electrons. The van der Waals surface area contributed by atoms with Gasteiger partial charge in [0.05, 0.1) is 5.92 Å². The third-order valence-electron chi connectivity index (χ3n) is 3.95. The van der Waals surface area contributed by atoms with E-state index >= 15 is 0 Å². The highest BCUT2D eigenvalue weighted by atomic mass is 16.5. The monoisotopic (exact) mass is 166 g/mol. The van der Waals surface area contributed by atoms with Crippen molar-refractivity contribution in [2.24, 2.45) is 17.8 Å². The van der Waals surface area contributed by atoms with Crippen molar-refractivity contribution >= 4 is 5.97 Å². The predicted octanol–water partition coefficient (Wildman–Crippen LogP) is 1.74. The van der Waals surface area contributed by atoms with Crippen molar-refractivity contribution in [1.82, 2.24) is 0 Å². The summed E-state index contributed by atoms with van der Waals surface area (Å²) < 4.78 is 5.36. The second-order valence-electron chi connectivity index (χ2n) is 4.42. The molecule has 4 rings (SSSR count). The zero-order chi connectivity index (χ0) is 8.13. The smallest absolute Gasteiger partial charge is 0.309 e. The minimum absolute atomic E-state index is 0.106. The molecule has 2 bridgehead atoms. The number of esters is 1. The second-order valence-corrected chi connectivity index (χ2v) is 4.42. The van der Waals surface area contributed by atoms with E-state index in [2.05, 4.69) is 0 Å². The lowest BCUT2D eigenvalue weighted by atomic mass is 9.70. The largest absolute Gasteiger partial charge is 0.462 e. The van der Waals surface area contributed by atoms with Gasteiger partial charge in [0.15, 0.2) is 0 Å². The van der Waals surface area contributed by atoms with Crippen molar-refractivity contribution in [3.05, 3.63) is 0 Å². The first-order valence-electron chi connectivity index (χ1n) is 5.07. The maximum Gasteiger partial charge on any atom is 0.309 e. The van der Waals surface area contributed by atoms with Crippen LogP contribution in [0.4, 0.5) is 0 Å². The van der Waals surface area contributed by atoms with Gasteiger partial charge in [-0.15, -0.1) is 0 Å². The number of rotatable bonds is 0. The van der Waals surface area contributed by atoms with Crippen molar-refractivity contribution < 1.29 is 9.53 Å². The molecule has 66 valence electrons. The van der Waals surface area contributed by atoms with Gasteiger partial charge in [-0.05, 0) is 37.5 Å². The fourth-order valence-electron chi connectivity index (χ4n) is 3.43. The summed E-state index contributed by atoms with van der Waals surface area (Å²) in [6.07, 6.45) is 6.44. The molecule has 0 unspecified atom stereocenters. The molecule has 0 aromatic carbocycles. The Kier molecular flexibility index (Phi) is 1.29. The van der Waals surface area contributed by atoms with Gasteiger partial charge in [0.25, 0.3) is 0 Å². The number of hydrogen-bond donors (Lipinski definition) is 0. The summed E-state index contributed by atoms with van der Waals surface area (Å²) in [6.45, 7) is 0. The number of fused-ring (bicyclic) bond motifs is 2. The molecule has 4 atom stereocenters. The molecule has 4 fully saturated rings. The summed E-state index contributed by atoms with van der Waals surface area (Å²) in [5, 5.41) is 0. The van der Waals surface area contributed by atoms with E-state index in [9.17, 15) is 4.79 Å². The average Bonchev–Trinajstić information content (AvgIpc) is 2.53. The standard InChI is InChI=1S/C10H14O2/c11-10-8-4-5-9(12-10)7-3-1-2-6(7)8/h6-9H,1-5H2/t6-,7+,8-,9+/m1/s1. The molecule has 0 aromatic heterocycles. The second kappa shape index (κ2) is 2.24. The van der Waals surface area contributed by atoms with Gasteiger partial charge >= 0.3 is 5.97 Å². The van der Waals surface area contributed by atoms with E-state index in [-0.39, 0.29) is 11.9 Å². The predicted molar refractivity (Wildman–Crippen MR) is 43.4 cm³/mol. The Morgan fingerprint density at radius 3 is 2.75 bits per heavy atom. The van der Waals surface area contributed by atoms with Crippen molar-refractivity contribution in [2.75, 3.05) is 0 Å². The molecule has 0 amide bonds. The van der Waals surface area contributed by atoms with Gasteiger partial charge in [-0.3, -0.25) is 4.79 Å². The van der Waals surface area contributed by atoms with Crippen molar-refractivity contribution in [1.29, 1.82) is 0 Å². The van der Waals surface area contributed by atoms with Gasteiger partial charge in [0, 0.05) is 0 Å². The first-order chi connectivity index (χ1) is 5.86. The molecular weight excluding hydrogens is 152 g/mol. The molecule has 0 aromatic rings. The average molecular weight is 166 g/mol. The van der Waals surface area contributed by atoms with Gasteiger partial charge in [-0.1, -0.05) is 6.42 Å². The molecule has 2 saturated heterocycles. The molecule has 2 heterocycles. The molecule has 2 heteroatoms. The fourth-order valence-corrected chi connectivity index (χ4v) is 3.43. The van der Waals surface area contributed by atoms with E-state index in [0.29, 0.717) is 12.0 Å². The number of carbonyl (C=O) groups is 1. The molecule has 2 aliphatic carbocycles. The van der Waals surface area contributed by atoms with Crippen LogP contribution in [0.25, 0.3) is 0 Å². The molecular formula is C10H14O2. The Bertz CT molecular complexity index is 224. The first kappa shape index (κ1) is 6.93. The van der Waals surface area contributed by atoms with E-state index < -0.39 is 0 Å². The Hall–Kier alpha value is -0.530. The highest BCUT2D eigenvalue weighted by Gasteiger charge is 2.51. The van der Waals surface area contributed by atoms with Crippen LogP contribution in [0.5, 0.6) is 0 Å². The lowest BCUT2D eigenvalue weighted by Crippen LogP contribution is -2.48. The van der Waals surface area contributed by atoms with Crippen LogP contribution >= 0.6 is 0 Å². The van der Waals surface area contributed by atoms with Gasteiger partial charge in [0.2, 0.25) is 0 Å². The van der Waals surface area contributed by atoms with Gasteiger partial charge in [-0.25, -0.2) is 0 Å². The Morgan fingerprint density at radius 2 is 1.92 bits per heavy atom. The van der Waals surface area contributed by atoms with E-state index in [1.54, 1.807) is 0 Å². The Morgan fingerprint density at radius 1 is 1.08 bits per heavy atom. The van der Waals surface area contributed by atoms with Crippen LogP contribution < -0.4 is 0 Å². The first-order valence-corrected chi connectivity index (χ1v) is 5.07. The highest BCUT2D eigenvalue weighted by molar-refractivity contribution is 5.74. The molecule has 12 heavy (non-hydrogen) atoms. The number of carbonyl (C=O) groups excluding carboxylic acids is 1. The topological polar surface area (TPSA) is 26.3 Å². The molecule has 0 spiro atoms. The molecule has 2 aliphatic heterocycles. The highest BCUT2D eigenvalue weighted by Crippen LogP contribution is 2.50. The van der Waals surface area contributed by atoms with Crippen molar-refractivity contribution in [3.8, 4) is 0 Å². The third kappa shape index (κ3) is 0.732. The van der Waals surface area contributed by atoms with Crippen LogP contribution in [-0.4, -0.2) is 12.1 Å². The minimum Gasteiger partial charge on any atom is -0.462 e. The van der Waals surface area contributed by atoms with Crippen LogP contribution in [0.2, 0.25) is 0 Å². The number of ether oxygens (including phenoxy) is 1. The van der Waals surface area contributed by atoms with Crippen LogP contribution in [0.15, 0.2) is 0 Å². The zero-order valence-corrected chi connectivity index (χ0v) is 7.16. The van der Waals surface area contributed by atoms with Gasteiger partial charge in [-0.2, -0.15) is 0 Å². The summed E-state index contributed by atoms with van der Waals surface area (Å²) in [4.78, 5) is 11.4. The van der Waals surface area contributed by atoms with Crippen molar-refractivity contribution in [2.45, 2.75) is 38.2 Å². The lowest BCUT2D eigenvalue weighted by Gasteiger charge is -2.44. The number of hydrogen-bond acceptors (Lipinski definition) is 2. The maximum atomic E-state index is 11.4. The molecule has 0 N–H and O–H groups in total. The lowest BCUT2D eigenvalue weighted by molar-refractivity contribution is -0.182.